The van der Waals surface area contributed by atoms with Crippen LogP contribution in [0.15, 0.2) is 36.5 Å². The van der Waals surface area contributed by atoms with Crippen molar-refractivity contribution >= 4 is 17.3 Å². The Balaban J connectivity index is 1.68. The molecule has 0 atom stereocenters. The summed E-state index contributed by atoms with van der Waals surface area (Å²) in [7, 11) is 3.12. The lowest BCUT2D eigenvalue weighted by molar-refractivity contribution is 0.102. The van der Waals surface area contributed by atoms with Gasteiger partial charge in [-0.2, -0.15) is 0 Å². The van der Waals surface area contributed by atoms with E-state index in [4.69, 9.17) is 14.2 Å². The Bertz CT molecular complexity index is 728. The smallest absolute Gasteiger partial charge is 0.274 e. The number of benzene rings is 1. The second-order valence-corrected chi connectivity index (χ2v) is 5.52. The standard InChI is InChI=1S/C18H21N3O4/c1-23-16-6-3-13(11-17(16)24-2)20-18(22)15-5-4-14(12-19-15)21-7-9-25-10-8-21/h3-6,11-12H,7-10H2,1-2H3,(H,20,22). The minimum atomic E-state index is -0.277. The third-order valence-electron chi connectivity index (χ3n) is 4.00. The predicted molar refractivity (Wildman–Crippen MR) is 94.8 cm³/mol. The number of methoxy groups -OCH3 is 2. The third kappa shape index (κ3) is 4.00. The summed E-state index contributed by atoms with van der Waals surface area (Å²) in [5, 5.41) is 2.81. The van der Waals surface area contributed by atoms with Crippen molar-refractivity contribution in [2.45, 2.75) is 0 Å². The van der Waals surface area contributed by atoms with E-state index >= 15 is 0 Å². The lowest BCUT2D eigenvalue weighted by Gasteiger charge is -2.28. The van der Waals surface area contributed by atoms with Gasteiger partial charge in [0.1, 0.15) is 5.69 Å². The van der Waals surface area contributed by atoms with E-state index in [-0.39, 0.29) is 5.91 Å². The fourth-order valence-electron chi connectivity index (χ4n) is 2.64. The van der Waals surface area contributed by atoms with Gasteiger partial charge in [-0.3, -0.25) is 4.79 Å². The van der Waals surface area contributed by atoms with Crippen molar-refractivity contribution in [3.63, 3.8) is 0 Å². The van der Waals surface area contributed by atoms with Crippen LogP contribution in [0.3, 0.4) is 0 Å². The molecule has 0 radical (unpaired) electrons. The van der Waals surface area contributed by atoms with Gasteiger partial charge in [0.25, 0.3) is 5.91 Å². The molecule has 3 rings (SSSR count). The molecule has 7 nitrogen and oxygen atoms in total. The number of nitrogens with zero attached hydrogens (tertiary/aromatic N) is 2. The van der Waals surface area contributed by atoms with Crippen molar-refractivity contribution in [1.29, 1.82) is 0 Å². The van der Waals surface area contributed by atoms with Gasteiger partial charge in [-0.1, -0.05) is 0 Å². The van der Waals surface area contributed by atoms with E-state index in [9.17, 15) is 4.79 Å². The first kappa shape index (κ1) is 17.0. The number of rotatable bonds is 5. The molecule has 2 heterocycles. The molecular weight excluding hydrogens is 322 g/mol. The van der Waals surface area contributed by atoms with Gasteiger partial charge in [0.2, 0.25) is 0 Å². The molecule has 1 aliphatic heterocycles. The van der Waals surface area contributed by atoms with E-state index < -0.39 is 0 Å². The second-order valence-electron chi connectivity index (χ2n) is 5.52. The van der Waals surface area contributed by atoms with Gasteiger partial charge in [0.05, 0.1) is 39.3 Å². The summed E-state index contributed by atoms with van der Waals surface area (Å²) in [6, 6.07) is 8.83. The molecule has 1 aromatic heterocycles. The number of amides is 1. The monoisotopic (exact) mass is 343 g/mol. The maximum absolute atomic E-state index is 12.4. The molecule has 1 saturated heterocycles. The van der Waals surface area contributed by atoms with Gasteiger partial charge in [0, 0.05) is 24.8 Å². The number of anilines is 2. The zero-order valence-corrected chi connectivity index (χ0v) is 14.3. The Morgan fingerprint density at radius 2 is 1.88 bits per heavy atom. The Hall–Kier alpha value is -2.80. The van der Waals surface area contributed by atoms with E-state index in [1.807, 2.05) is 6.07 Å². The number of morpholine rings is 1. The summed E-state index contributed by atoms with van der Waals surface area (Å²) in [5.41, 5.74) is 1.96. The van der Waals surface area contributed by atoms with Gasteiger partial charge >= 0.3 is 0 Å². The number of ether oxygens (including phenoxy) is 3. The van der Waals surface area contributed by atoms with E-state index in [0.717, 1.165) is 18.8 Å². The van der Waals surface area contributed by atoms with Crippen molar-refractivity contribution in [2.75, 3.05) is 50.7 Å². The number of aromatic nitrogens is 1. The van der Waals surface area contributed by atoms with Crippen molar-refractivity contribution in [2.24, 2.45) is 0 Å². The van der Waals surface area contributed by atoms with Crippen LogP contribution in [0.1, 0.15) is 10.5 Å². The minimum Gasteiger partial charge on any atom is -0.493 e. The van der Waals surface area contributed by atoms with Crippen molar-refractivity contribution in [1.82, 2.24) is 4.98 Å². The van der Waals surface area contributed by atoms with Crippen LogP contribution < -0.4 is 19.7 Å². The highest BCUT2D eigenvalue weighted by Gasteiger charge is 2.14. The summed E-state index contributed by atoms with van der Waals surface area (Å²) >= 11 is 0. The number of nitrogens with one attached hydrogen (secondary N) is 1. The molecule has 1 N–H and O–H groups in total. The Morgan fingerprint density at radius 1 is 1.12 bits per heavy atom. The van der Waals surface area contributed by atoms with Crippen LogP contribution in [0.25, 0.3) is 0 Å². The largest absolute Gasteiger partial charge is 0.493 e. The first-order valence-corrected chi connectivity index (χ1v) is 8.03. The topological polar surface area (TPSA) is 72.9 Å². The van der Waals surface area contributed by atoms with Crippen LogP contribution in [0.5, 0.6) is 11.5 Å². The number of hydrogen-bond donors (Lipinski definition) is 1. The Kier molecular flexibility index (Phi) is 5.35. The normalized spacial score (nSPS) is 14.1. The maximum atomic E-state index is 12.4. The molecule has 0 unspecified atom stereocenters. The predicted octanol–water partition coefficient (Wildman–Crippen LogP) is 2.19. The maximum Gasteiger partial charge on any atom is 0.274 e. The molecule has 25 heavy (non-hydrogen) atoms. The van der Waals surface area contributed by atoms with Crippen LogP contribution in [0.4, 0.5) is 11.4 Å². The van der Waals surface area contributed by atoms with E-state index in [1.54, 1.807) is 44.7 Å². The summed E-state index contributed by atoms with van der Waals surface area (Å²) in [6.45, 7) is 3.08. The average Bonchev–Trinajstić information content (AvgIpc) is 2.68. The van der Waals surface area contributed by atoms with Gasteiger partial charge in [-0.15, -0.1) is 0 Å². The van der Waals surface area contributed by atoms with Gasteiger partial charge in [0.15, 0.2) is 11.5 Å². The van der Waals surface area contributed by atoms with Gasteiger partial charge < -0.3 is 24.4 Å². The zero-order valence-electron chi connectivity index (χ0n) is 14.3. The first-order valence-electron chi connectivity index (χ1n) is 8.03. The molecule has 1 aromatic carbocycles. The van der Waals surface area contributed by atoms with Gasteiger partial charge in [-0.25, -0.2) is 4.98 Å². The fourth-order valence-corrected chi connectivity index (χ4v) is 2.64. The summed E-state index contributed by atoms with van der Waals surface area (Å²) in [5.74, 6) is 0.880. The molecule has 132 valence electrons. The number of carbonyl (C=O) groups is 1. The van der Waals surface area contributed by atoms with E-state index in [0.29, 0.717) is 36.1 Å². The Morgan fingerprint density at radius 3 is 2.52 bits per heavy atom. The van der Waals surface area contributed by atoms with Crippen molar-refractivity contribution < 1.29 is 19.0 Å². The quantitative estimate of drug-likeness (QED) is 0.897. The molecule has 1 fully saturated rings. The van der Waals surface area contributed by atoms with Gasteiger partial charge in [-0.05, 0) is 24.3 Å². The lowest BCUT2D eigenvalue weighted by Crippen LogP contribution is -2.36. The molecule has 7 heteroatoms. The first-order chi connectivity index (χ1) is 12.2. The summed E-state index contributed by atoms with van der Waals surface area (Å²) < 4.78 is 15.8. The van der Waals surface area contributed by atoms with Crippen LogP contribution >= 0.6 is 0 Å². The average molecular weight is 343 g/mol. The van der Waals surface area contributed by atoms with E-state index in [1.165, 1.54) is 0 Å². The third-order valence-corrected chi connectivity index (χ3v) is 4.00. The molecule has 2 aromatic rings. The van der Waals surface area contributed by atoms with Crippen LogP contribution in [0, 0.1) is 0 Å². The molecule has 1 aliphatic rings. The highest BCUT2D eigenvalue weighted by molar-refractivity contribution is 6.03. The van der Waals surface area contributed by atoms with Crippen molar-refractivity contribution in [3.05, 3.63) is 42.2 Å². The van der Waals surface area contributed by atoms with Crippen molar-refractivity contribution in [3.8, 4) is 11.5 Å². The molecule has 0 aliphatic carbocycles. The fraction of sp³-hybridized carbons (Fsp3) is 0.333. The lowest BCUT2D eigenvalue weighted by atomic mass is 10.2. The molecule has 0 bridgehead atoms. The highest BCUT2D eigenvalue weighted by atomic mass is 16.5. The molecule has 0 spiro atoms. The van der Waals surface area contributed by atoms with Crippen LogP contribution in [-0.2, 0) is 4.74 Å². The van der Waals surface area contributed by atoms with Crippen LogP contribution in [0.2, 0.25) is 0 Å². The van der Waals surface area contributed by atoms with Crippen LogP contribution in [-0.4, -0.2) is 51.4 Å². The highest BCUT2D eigenvalue weighted by Crippen LogP contribution is 2.29. The Labute approximate surface area is 146 Å². The number of hydrogen-bond acceptors (Lipinski definition) is 6. The zero-order chi connectivity index (χ0) is 17.6. The SMILES string of the molecule is COc1ccc(NC(=O)c2ccc(N3CCOCC3)cn2)cc1OC. The number of carbonyl (C=O) groups excluding carboxylic acids is 1. The molecule has 1 amide bonds. The second kappa shape index (κ2) is 7.85. The summed E-state index contributed by atoms with van der Waals surface area (Å²) in [4.78, 5) is 18.8. The van der Waals surface area contributed by atoms with E-state index in [2.05, 4.69) is 15.2 Å². The minimum absolute atomic E-state index is 0.277. The number of pyridine rings is 1. The molecular formula is C18H21N3O4. The summed E-state index contributed by atoms with van der Waals surface area (Å²) in [6.07, 6.45) is 1.72. The molecule has 0 saturated carbocycles.